The minimum absolute atomic E-state index is 0.0173. The topological polar surface area (TPSA) is 81.4 Å². The SMILES string of the molecule is COc1cc(S(=O)(=O)NC2(CN)CCCCC2C)ccc1F. The molecule has 1 aliphatic rings. The molecule has 0 spiro atoms. The molecule has 0 radical (unpaired) electrons. The molecule has 3 N–H and O–H groups in total. The Labute approximate surface area is 131 Å². The molecule has 0 bridgehead atoms. The van der Waals surface area contributed by atoms with E-state index in [1.807, 2.05) is 6.92 Å². The molecule has 2 rings (SSSR count). The first kappa shape index (κ1) is 17.2. The van der Waals surface area contributed by atoms with E-state index in [0.717, 1.165) is 25.3 Å². The summed E-state index contributed by atoms with van der Waals surface area (Å²) in [4.78, 5) is -0.0173. The van der Waals surface area contributed by atoms with Crippen LogP contribution in [0, 0.1) is 11.7 Å². The molecule has 7 heteroatoms. The summed E-state index contributed by atoms with van der Waals surface area (Å²) in [6, 6.07) is 3.51. The zero-order valence-electron chi connectivity index (χ0n) is 12.9. The largest absolute Gasteiger partial charge is 0.494 e. The zero-order valence-corrected chi connectivity index (χ0v) is 13.7. The Morgan fingerprint density at radius 2 is 2.18 bits per heavy atom. The molecule has 1 aromatic carbocycles. The first-order valence-corrected chi connectivity index (χ1v) is 8.90. The number of rotatable bonds is 5. The van der Waals surface area contributed by atoms with Crippen LogP contribution in [-0.4, -0.2) is 27.6 Å². The summed E-state index contributed by atoms with van der Waals surface area (Å²) in [6.07, 6.45) is 3.67. The second-order valence-electron chi connectivity index (χ2n) is 5.91. The molecule has 22 heavy (non-hydrogen) atoms. The van der Waals surface area contributed by atoms with Crippen LogP contribution in [0.25, 0.3) is 0 Å². The lowest BCUT2D eigenvalue weighted by molar-refractivity contribution is 0.191. The van der Waals surface area contributed by atoms with Crippen molar-refractivity contribution in [3.63, 3.8) is 0 Å². The molecule has 5 nitrogen and oxygen atoms in total. The van der Waals surface area contributed by atoms with Crippen LogP contribution in [0.4, 0.5) is 4.39 Å². The van der Waals surface area contributed by atoms with Gasteiger partial charge in [-0.25, -0.2) is 17.5 Å². The van der Waals surface area contributed by atoms with Gasteiger partial charge in [-0.1, -0.05) is 19.8 Å². The van der Waals surface area contributed by atoms with E-state index in [4.69, 9.17) is 10.5 Å². The van der Waals surface area contributed by atoms with Crippen molar-refractivity contribution in [1.82, 2.24) is 4.72 Å². The van der Waals surface area contributed by atoms with Crippen molar-refractivity contribution < 1.29 is 17.5 Å². The van der Waals surface area contributed by atoms with Crippen LogP contribution in [0.2, 0.25) is 0 Å². The minimum atomic E-state index is -3.79. The molecule has 2 atom stereocenters. The number of nitrogens with one attached hydrogen (secondary N) is 1. The van der Waals surface area contributed by atoms with Gasteiger partial charge in [-0.15, -0.1) is 0 Å². The van der Waals surface area contributed by atoms with Crippen LogP contribution >= 0.6 is 0 Å². The first-order chi connectivity index (χ1) is 10.3. The van der Waals surface area contributed by atoms with Gasteiger partial charge in [0.05, 0.1) is 12.0 Å². The van der Waals surface area contributed by atoms with Gasteiger partial charge in [0, 0.05) is 18.2 Å². The van der Waals surface area contributed by atoms with Gasteiger partial charge in [0.25, 0.3) is 0 Å². The number of ether oxygens (including phenoxy) is 1. The third-order valence-electron chi connectivity index (χ3n) is 4.59. The maximum atomic E-state index is 13.5. The average Bonchev–Trinajstić information content (AvgIpc) is 2.49. The predicted molar refractivity (Wildman–Crippen MR) is 82.7 cm³/mol. The number of halogens is 1. The van der Waals surface area contributed by atoms with Gasteiger partial charge < -0.3 is 10.5 Å². The normalized spacial score (nSPS) is 25.9. The van der Waals surface area contributed by atoms with Gasteiger partial charge in [0.15, 0.2) is 11.6 Å². The Kier molecular flexibility index (Phi) is 5.09. The molecule has 124 valence electrons. The summed E-state index contributed by atoms with van der Waals surface area (Å²) in [5.74, 6) is -0.536. The standard InChI is InChI=1S/C15H23FN2O3S/c1-11-5-3-4-8-15(11,10-17)18-22(19,20)12-6-7-13(16)14(9-12)21-2/h6-7,9,11,18H,3-5,8,10,17H2,1-2H3. The fourth-order valence-corrected chi connectivity index (χ4v) is 4.59. The highest BCUT2D eigenvalue weighted by molar-refractivity contribution is 7.89. The van der Waals surface area contributed by atoms with E-state index in [-0.39, 0.29) is 23.1 Å². The van der Waals surface area contributed by atoms with Gasteiger partial charge >= 0.3 is 0 Å². The minimum Gasteiger partial charge on any atom is -0.494 e. The molecule has 0 saturated heterocycles. The van der Waals surface area contributed by atoms with Crippen molar-refractivity contribution in [2.24, 2.45) is 11.7 Å². The van der Waals surface area contributed by atoms with Gasteiger partial charge in [0.1, 0.15) is 0 Å². The Hall–Kier alpha value is -1.18. The number of hydrogen-bond donors (Lipinski definition) is 2. The summed E-state index contributed by atoms with van der Waals surface area (Å²) in [6.45, 7) is 2.26. The second kappa shape index (κ2) is 6.52. The maximum absolute atomic E-state index is 13.5. The highest BCUT2D eigenvalue weighted by atomic mass is 32.2. The lowest BCUT2D eigenvalue weighted by Crippen LogP contribution is -2.58. The molecular weight excluding hydrogens is 307 g/mol. The highest BCUT2D eigenvalue weighted by Crippen LogP contribution is 2.34. The van der Waals surface area contributed by atoms with Gasteiger partial charge in [0.2, 0.25) is 10.0 Å². The van der Waals surface area contributed by atoms with Crippen LogP contribution in [0.3, 0.4) is 0 Å². The summed E-state index contributed by atoms with van der Waals surface area (Å²) < 4.78 is 46.4. The van der Waals surface area contributed by atoms with Crippen molar-refractivity contribution in [3.05, 3.63) is 24.0 Å². The van der Waals surface area contributed by atoms with E-state index in [0.29, 0.717) is 6.42 Å². The maximum Gasteiger partial charge on any atom is 0.241 e. The van der Waals surface area contributed by atoms with Gasteiger partial charge in [-0.3, -0.25) is 0 Å². The summed E-state index contributed by atoms with van der Waals surface area (Å²) in [5.41, 5.74) is 5.24. The first-order valence-electron chi connectivity index (χ1n) is 7.42. The molecule has 1 saturated carbocycles. The molecule has 0 amide bonds. The number of methoxy groups -OCH3 is 1. The summed E-state index contributed by atoms with van der Waals surface area (Å²) >= 11 is 0. The summed E-state index contributed by atoms with van der Waals surface area (Å²) in [7, 11) is -2.49. The quantitative estimate of drug-likeness (QED) is 0.865. The smallest absolute Gasteiger partial charge is 0.241 e. The number of nitrogens with two attached hydrogens (primary N) is 1. The van der Waals surface area contributed by atoms with Crippen LogP contribution in [0.1, 0.15) is 32.6 Å². The predicted octanol–water partition coefficient (Wildman–Crippen LogP) is 2.02. The fourth-order valence-electron chi connectivity index (χ4n) is 3.04. The van der Waals surface area contributed by atoms with Gasteiger partial charge in [-0.05, 0) is 30.9 Å². The van der Waals surface area contributed by atoms with Crippen molar-refractivity contribution in [2.45, 2.75) is 43.0 Å². The third kappa shape index (κ3) is 3.26. The molecule has 1 fully saturated rings. The van der Waals surface area contributed by atoms with E-state index >= 15 is 0 Å². The van der Waals surface area contributed by atoms with Crippen molar-refractivity contribution >= 4 is 10.0 Å². The Morgan fingerprint density at radius 1 is 1.45 bits per heavy atom. The molecule has 1 aliphatic carbocycles. The Bertz CT molecular complexity index is 636. The lowest BCUT2D eigenvalue weighted by atomic mass is 9.74. The monoisotopic (exact) mass is 330 g/mol. The van der Waals surface area contributed by atoms with E-state index in [1.165, 1.54) is 19.2 Å². The molecule has 2 unspecified atom stereocenters. The lowest BCUT2D eigenvalue weighted by Gasteiger charge is -2.42. The van der Waals surface area contributed by atoms with E-state index < -0.39 is 21.4 Å². The highest BCUT2D eigenvalue weighted by Gasteiger charge is 2.40. The second-order valence-corrected chi connectivity index (χ2v) is 7.59. The molecule has 0 heterocycles. The van der Waals surface area contributed by atoms with Crippen LogP contribution in [0.5, 0.6) is 5.75 Å². The van der Waals surface area contributed by atoms with Gasteiger partial charge in [-0.2, -0.15) is 0 Å². The number of hydrogen-bond acceptors (Lipinski definition) is 4. The molecular formula is C15H23FN2O3S. The van der Waals surface area contributed by atoms with Crippen LogP contribution in [0.15, 0.2) is 23.1 Å². The Balaban J connectivity index is 2.34. The van der Waals surface area contributed by atoms with Crippen molar-refractivity contribution in [3.8, 4) is 5.75 Å². The van der Waals surface area contributed by atoms with Crippen molar-refractivity contribution in [1.29, 1.82) is 0 Å². The van der Waals surface area contributed by atoms with E-state index in [9.17, 15) is 12.8 Å². The zero-order chi connectivity index (χ0) is 16.4. The number of sulfonamides is 1. The molecule has 0 aromatic heterocycles. The third-order valence-corrected chi connectivity index (χ3v) is 6.14. The summed E-state index contributed by atoms with van der Waals surface area (Å²) in [5, 5.41) is 0. The number of benzene rings is 1. The average molecular weight is 330 g/mol. The Morgan fingerprint density at radius 3 is 2.77 bits per heavy atom. The van der Waals surface area contributed by atoms with Crippen molar-refractivity contribution in [2.75, 3.05) is 13.7 Å². The molecule has 0 aliphatic heterocycles. The fraction of sp³-hybridized carbons (Fsp3) is 0.600. The van der Waals surface area contributed by atoms with E-state index in [2.05, 4.69) is 4.72 Å². The molecule has 1 aromatic rings. The van der Waals surface area contributed by atoms with E-state index in [1.54, 1.807) is 0 Å². The van der Waals surface area contributed by atoms with Crippen LogP contribution in [-0.2, 0) is 10.0 Å². The van der Waals surface area contributed by atoms with Crippen LogP contribution < -0.4 is 15.2 Å².